The molecule has 1 unspecified atom stereocenters. The van der Waals surface area contributed by atoms with Crippen molar-refractivity contribution in [2.24, 2.45) is 0 Å². The summed E-state index contributed by atoms with van der Waals surface area (Å²) in [5.41, 5.74) is 2.12. The Labute approximate surface area is 165 Å². The van der Waals surface area contributed by atoms with Gasteiger partial charge in [0.2, 0.25) is 5.91 Å². The smallest absolute Gasteiger partial charge is 0.254 e. The third kappa shape index (κ3) is 3.74. The standard InChI is InChI=1S/C20H29N5O3/c1-13(2)23-7-8-25(18(12-23)19(27)21-4)20(28)15-5-6-17-16(11-15)22-14(3)24(17)9-10-26/h5-6,11,13,18,26H,7-10,12H2,1-4H3,(H,21,27). The Bertz CT molecular complexity index is 876. The molecule has 1 aliphatic heterocycles. The quantitative estimate of drug-likeness (QED) is 0.785. The highest BCUT2D eigenvalue weighted by atomic mass is 16.3. The van der Waals surface area contributed by atoms with Crippen molar-refractivity contribution >= 4 is 22.8 Å². The zero-order chi connectivity index (χ0) is 20.4. The van der Waals surface area contributed by atoms with Gasteiger partial charge in [-0.05, 0) is 39.0 Å². The van der Waals surface area contributed by atoms with Gasteiger partial charge in [0, 0.05) is 44.8 Å². The van der Waals surface area contributed by atoms with Crippen molar-refractivity contribution in [1.82, 2.24) is 24.7 Å². The first-order chi connectivity index (χ1) is 13.4. The van der Waals surface area contributed by atoms with Crippen molar-refractivity contribution in [3.05, 3.63) is 29.6 Å². The minimum atomic E-state index is -0.516. The van der Waals surface area contributed by atoms with Crippen molar-refractivity contribution in [2.45, 2.75) is 39.4 Å². The predicted octanol–water partition coefficient (Wildman–Crippen LogP) is 0.618. The Morgan fingerprint density at radius 1 is 1.32 bits per heavy atom. The molecule has 152 valence electrons. The van der Waals surface area contributed by atoms with Gasteiger partial charge in [-0.3, -0.25) is 14.5 Å². The number of aryl methyl sites for hydroxylation is 1. The molecule has 0 spiro atoms. The van der Waals surface area contributed by atoms with Crippen LogP contribution in [0.2, 0.25) is 0 Å². The van der Waals surface area contributed by atoms with Crippen molar-refractivity contribution in [3.63, 3.8) is 0 Å². The summed E-state index contributed by atoms with van der Waals surface area (Å²) in [6.07, 6.45) is 0. The summed E-state index contributed by atoms with van der Waals surface area (Å²) >= 11 is 0. The second kappa shape index (κ2) is 8.28. The molecule has 8 nitrogen and oxygen atoms in total. The lowest BCUT2D eigenvalue weighted by Crippen LogP contribution is -2.61. The Hall–Kier alpha value is -2.45. The molecule has 2 N–H and O–H groups in total. The fourth-order valence-electron chi connectivity index (χ4n) is 3.84. The number of hydrogen-bond donors (Lipinski definition) is 2. The molecule has 1 aromatic carbocycles. The molecule has 2 heterocycles. The zero-order valence-corrected chi connectivity index (χ0v) is 17.0. The van der Waals surface area contributed by atoms with E-state index in [9.17, 15) is 14.7 Å². The summed E-state index contributed by atoms with van der Waals surface area (Å²) in [5.74, 6) is 0.485. The van der Waals surface area contributed by atoms with Crippen LogP contribution in [-0.2, 0) is 11.3 Å². The maximum Gasteiger partial charge on any atom is 0.254 e. The van der Waals surface area contributed by atoms with Crippen LogP contribution in [0.5, 0.6) is 0 Å². The van der Waals surface area contributed by atoms with Crippen LogP contribution in [0.25, 0.3) is 11.0 Å². The van der Waals surface area contributed by atoms with E-state index in [4.69, 9.17) is 0 Å². The third-order valence-electron chi connectivity index (χ3n) is 5.46. The first-order valence-electron chi connectivity index (χ1n) is 9.71. The molecule has 1 atom stereocenters. The van der Waals surface area contributed by atoms with E-state index in [2.05, 4.69) is 29.0 Å². The molecule has 1 aromatic heterocycles. The van der Waals surface area contributed by atoms with E-state index in [1.165, 1.54) is 0 Å². The number of amides is 2. The molecule has 0 bridgehead atoms. The van der Waals surface area contributed by atoms with Crippen LogP contribution in [0, 0.1) is 6.92 Å². The molecule has 28 heavy (non-hydrogen) atoms. The number of piperazine rings is 1. The van der Waals surface area contributed by atoms with E-state index in [-0.39, 0.29) is 18.4 Å². The number of likely N-dealkylation sites (N-methyl/N-ethyl adjacent to an activating group) is 1. The lowest BCUT2D eigenvalue weighted by atomic mass is 10.1. The molecule has 0 radical (unpaired) electrons. The van der Waals surface area contributed by atoms with E-state index in [0.29, 0.717) is 36.8 Å². The second-order valence-corrected chi connectivity index (χ2v) is 7.46. The first-order valence-corrected chi connectivity index (χ1v) is 9.71. The Morgan fingerprint density at radius 3 is 2.71 bits per heavy atom. The highest BCUT2D eigenvalue weighted by molar-refractivity contribution is 6.00. The molecular formula is C20H29N5O3. The van der Waals surface area contributed by atoms with Crippen molar-refractivity contribution < 1.29 is 14.7 Å². The number of carbonyl (C=O) groups excluding carboxylic acids is 2. The lowest BCUT2D eigenvalue weighted by Gasteiger charge is -2.42. The molecule has 0 saturated carbocycles. The summed E-state index contributed by atoms with van der Waals surface area (Å²) in [7, 11) is 1.60. The van der Waals surface area contributed by atoms with E-state index in [0.717, 1.165) is 17.9 Å². The fraction of sp³-hybridized carbons (Fsp3) is 0.550. The molecule has 8 heteroatoms. The van der Waals surface area contributed by atoms with Gasteiger partial charge in [-0.1, -0.05) is 0 Å². The Balaban J connectivity index is 1.90. The Morgan fingerprint density at radius 2 is 2.07 bits per heavy atom. The summed E-state index contributed by atoms with van der Waals surface area (Å²) < 4.78 is 1.93. The predicted molar refractivity (Wildman–Crippen MR) is 107 cm³/mol. The van der Waals surface area contributed by atoms with Gasteiger partial charge in [0.05, 0.1) is 17.6 Å². The van der Waals surface area contributed by atoms with E-state index < -0.39 is 6.04 Å². The largest absolute Gasteiger partial charge is 0.395 e. The molecule has 3 rings (SSSR count). The number of hydrogen-bond acceptors (Lipinski definition) is 5. The van der Waals surface area contributed by atoms with Gasteiger partial charge in [-0.2, -0.15) is 0 Å². The molecule has 1 saturated heterocycles. The monoisotopic (exact) mass is 387 g/mol. The fourth-order valence-corrected chi connectivity index (χ4v) is 3.84. The highest BCUT2D eigenvalue weighted by Gasteiger charge is 2.36. The minimum absolute atomic E-state index is 0.0287. The first kappa shape index (κ1) is 20.3. The number of nitrogens with one attached hydrogen (secondary N) is 1. The van der Waals surface area contributed by atoms with Crippen LogP contribution in [0.15, 0.2) is 18.2 Å². The van der Waals surface area contributed by atoms with Crippen molar-refractivity contribution in [2.75, 3.05) is 33.3 Å². The number of fused-ring (bicyclic) bond motifs is 1. The van der Waals surface area contributed by atoms with Crippen LogP contribution < -0.4 is 5.32 Å². The molecule has 2 aromatic rings. The number of benzene rings is 1. The van der Waals surface area contributed by atoms with Crippen molar-refractivity contribution in [3.8, 4) is 0 Å². The van der Waals surface area contributed by atoms with Crippen LogP contribution >= 0.6 is 0 Å². The third-order valence-corrected chi connectivity index (χ3v) is 5.46. The van der Waals surface area contributed by atoms with Gasteiger partial charge in [-0.15, -0.1) is 0 Å². The van der Waals surface area contributed by atoms with Crippen molar-refractivity contribution in [1.29, 1.82) is 0 Å². The second-order valence-electron chi connectivity index (χ2n) is 7.46. The van der Waals surface area contributed by atoms with Crippen LogP contribution in [0.3, 0.4) is 0 Å². The summed E-state index contributed by atoms with van der Waals surface area (Å²) in [6, 6.07) is 5.21. The molecule has 2 amide bonds. The van der Waals surface area contributed by atoms with Gasteiger partial charge in [0.25, 0.3) is 5.91 Å². The average molecular weight is 387 g/mol. The van der Waals surface area contributed by atoms with Gasteiger partial charge >= 0.3 is 0 Å². The lowest BCUT2D eigenvalue weighted by molar-refractivity contribution is -0.127. The number of carbonyl (C=O) groups is 2. The van der Waals surface area contributed by atoms with Gasteiger partial charge in [0.1, 0.15) is 11.9 Å². The van der Waals surface area contributed by atoms with Gasteiger partial charge in [0.15, 0.2) is 0 Å². The topological polar surface area (TPSA) is 90.7 Å². The Kier molecular flexibility index (Phi) is 6.00. The van der Waals surface area contributed by atoms with Gasteiger partial charge in [-0.25, -0.2) is 4.98 Å². The number of aromatic nitrogens is 2. The highest BCUT2D eigenvalue weighted by Crippen LogP contribution is 2.21. The molecule has 0 aliphatic carbocycles. The van der Waals surface area contributed by atoms with Crippen LogP contribution in [-0.4, -0.2) is 81.6 Å². The number of aliphatic hydroxyl groups is 1. The minimum Gasteiger partial charge on any atom is -0.395 e. The molecule has 1 aliphatic rings. The summed E-state index contributed by atoms with van der Waals surface area (Å²) in [6.45, 7) is 8.33. The summed E-state index contributed by atoms with van der Waals surface area (Å²) in [4.78, 5) is 34.1. The maximum atomic E-state index is 13.2. The zero-order valence-electron chi connectivity index (χ0n) is 17.0. The van der Waals surface area contributed by atoms with Crippen LogP contribution in [0.4, 0.5) is 0 Å². The molecular weight excluding hydrogens is 358 g/mol. The summed E-state index contributed by atoms with van der Waals surface area (Å²) in [5, 5.41) is 11.9. The average Bonchev–Trinajstić information content (AvgIpc) is 3.01. The maximum absolute atomic E-state index is 13.2. The van der Waals surface area contributed by atoms with Gasteiger partial charge < -0.3 is 19.9 Å². The van der Waals surface area contributed by atoms with E-state index in [1.807, 2.05) is 17.6 Å². The number of nitrogens with zero attached hydrogens (tertiary/aromatic N) is 4. The number of aliphatic hydroxyl groups excluding tert-OH is 1. The van der Waals surface area contributed by atoms with Crippen LogP contribution in [0.1, 0.15) is 30.0 Å². The SMILES string of the molecule is CNC(=O)C1CN(C(C)C)CCN1C(=O)c1ccc2c(c1)nc(C)n2CCO. The number of imidazole rings is 1. The van der Waals surface area contributed by atoms with E-state index in [1.54, 1.807) is 24.1 Å². The normalized spacial score (nSPS) is 18.1. The number of rotatable bonds is 5. The molecule has 1 fully saturated rings. The van der Waals surface area contributed by atoms with E-state index >= 15 is 0 Å².